The van der Waals surface area contributed by atoms with Gasteiger partial charge in [0, 0.05) is 12.0 Å². The van der Waals surface area contributed by atoms with Crippen LogP contribution in [0.25, 0.3) is 0 Å². The average Bonchev–Trinajstić information content (AvgIpc) is 2.84. The second-order valence-corrected chi connectivity index (χ2v) is 6.72. The van der Waals surface area contributed by atoms with Crippen molar-refractivity contribution < 1.29 is 4.42 Å². The summed E-state index contributed by atoms with van der Waals surface area (Å²) >= 11 is 0. The van der Waals surface area contributed by atoms with Gasteiger partial charge in [-0.25, -0.2) is 0 Å². The van der Waals surface area contributed by atoms with Gasteiger partial charge in [-0.3, -0.25) is 0 Å². The Hall–Kier alpha value is -0.760. The van der Waals surface area contributed by atoms with Crippen LogP contribution < -0.4 is 5.32 Å². The van der Waals surface area contributed by atoms with Crippen LogP contribution in [-0.2, 0) is 6.54 Å². The van der Waals surface area contributed by atoms with Crippen LogP contribution in [0.4, 0.5) is 0 Å². The summed E-state index contributed by atoms with van der Waals surface area (Å²) in [7, 11) is 0. The van der Waals surface area contributed by atoms with E-state index in [9.17, 15) is 0 Å². The summed E-state index contributed by atoms with van der Waals surface area (Å²) in [6.07, 6.45) is 5.34. The third-order valence-electron chi connectivity index (χ3n) is 5.45. The lowest BCUT2D eigenvalue weighted by Gasteiger charge is -2.20. The van der Waals surface area contributed by atoms with Gasteiger partial charge < -0.3 is 9.73 Å². The standard InChI is InChI=1S/C17H27NO/c1-4-13-5-7-16(12(13)3)18-10-14-6-8-17(19-14)15-9-11(15)2/h6,8,11-13,15-16,18H,4-5,7,9-10H2,1-3H3. The summed E-state index contributed by atoms with van der Waals surface area (Å²) in [6, 6.07) is 5.01. The summed E-state index contributed by atoms with van der Waals surface area (Å²) in [6.45, 7) is 7.92. The number of hydrogen-bond donors (Lipinski definition) is 1. The van der Waals surface area contributed by atoms with Crippen LogP contribution >= 0.6 is 0 Å². The molecule has 2 aliphatic rings. The molecule has 0 spiro atoms. The van der Waals surface area contributed by atoms with Crippen molar-refractivity contribution in [2.75, 3.05) is 0 Å². The maximum absolute atomic E-state index is 5.96. The summed E-state index contributed by atoms with van der Waals surface area (Å²) in [4.78, 5) is 0. The van der Waals surface area contributed by atoms with E-state index in [1.165, 1.54) is 31.4 Å². The van der Waals surface area contributed by atoms with Crippen LogP contribution in [0.1, 0.15) is 63.9 Å². The Balaban J connectivity index is 1.51. The number of hydrogen-bond acceptors (Lipinski definition) is 2. The van der Waals surface area contributed by atoms with E-state index in [4.69, 9.17) is 4.42 Å². The fourth-order valence-electron chi connectivity index (χ4n) is 3.75. The molecule has 0 aliphatic heterocycles. The Morgan fingerprint density at radius 1 is 1.26 bits per heavy atom. The van der Waals surface area contributed by atoms with Crippen molar-refractivity contribution in [3.05, 3.63) is 23.7 Å². The number of rotatable bonds is 5. The largest absolute Gasteiger partial charge is 0.464 e. The van der Waals surface area contributed by atoms with Gasteiger partial charge in [-0.05, 0) is 49.1 Å². The lowest BCUT2D eigenvalue weighted by Crippen LogP contribution is -2.32. The predicted octanol–water partition coefficient (Wildman–Crippen LogP) is 4.32. The topological polar surface area (TPSA) is 25.2 Å². The quantitative estimate of drug-likeness (QED) is 0.854. The van der Waals surface area contributed by atoms with Crippen LogP contribution in [0.15, 0.2) is 16.5 Å². The molecule has 0 saturated heterocycles. The highest BCUT2D eigenvalue weighted by Gasteiger charge is 2.36. The van der Waals surface area contributed by atoms with Crippen molar-refractivity contribution in [3.8, 4) is 0 Å². The summed E-state index contributed by atoms with van der Waals surface area (Å²) in [5, 5.41) is 3.70. The highest BCUT2D eigenvalue weighted by molar-refractivity contribution is 5.17. The molecular weight excluding hydrogens is 234 g/mol. The summed E-state index contributed by atoms with van der Waals surface area (Å²) < 4.78 is 5.96. The van der Waals surface area contributed by atoms with Crippen molar-refractivity contribution >= 4 is 0 Å². The minimum absolute atomic E-state index is 0.679. The van der Waals surface area contributed by atoms with Gasteiger partial charge >= 0.3 is 0 Å². The molecule has 5 atom stereocenters. The lowest BCUT2D eigenvalue weighted by molar-refractivity contribution is 0.333. The van der Waals surface area contributed by atoms with Crippen LogP contribution in [0, 0.1) is 17.8 Å². The Morgan fingerprint density at radius 3 is 2.68 bits per heavy atom. The highest BCUT2D eigenvalue weighted by atomic mass is 16.3. The SMILES string of the molecule is CCC1CCC(NCc2ccc(C3CC3C)o2)C1C. The van der Waals surface area contributed by atoms with E-state index in [0.29, 0.717) is 12.0 Å². The molecule has 1 aromatic heterocycles. The van der Waals surface area contributed by atoms with E-state index in [0.717, 1.165) is 30.1 Å². The maximum Gasteiger partial charge on any atom is 0.117 e. The Morgan fingerprint density at radius 2 is 2.05 bits per heavy atom. The van der Waals surface area contributed by atoms with Crippen LogP contribution in [0.3, 0.4) is 0 Å². The smallest absolute Gasteiger partial charge is 0.117 e. The third kappa shape index (κ3) is 2.74. The molecule has 106 valence electrons. The molecule has 2 aliphatic carbocycles. The fraction of sp³-hybridized carbons (Fsp3) is 0.765. The second kappa shape index (κ2) is 5.32. The first kappa shape index (κ1) is 13.2. The van der Waals surface area contributed by atoms with Gasteiger partial charge in [0.05, 0.1) is 6.54 Å². The molecule has 5 unspecified atom stereocenters. The molecule has 2 saturated carbocycles. The average molecular weight is 261 g/mol. The third-order valence-corrected chi connectivity index (χ3v) is 5.45. The molecule has 2 nitrogen and oxygen atoms in total. The zero-order valence-electron chi connectivity index (χ0n) is 12.5. The molecule has 0 bridgehead atoms. The van der Waals surface area contributed by atoms with Gasteiger partial charge in [-0.1, -0.05) is 27.2 Å². The van der Waals surface area contributed by atoms with Crippen molar-refractivity contribution in [1.82, 2.24) is 5.32 Å². The van der Waals surface area contributed by atoms with E-state index < -0.39 is 0 Å². The molecule has 2 fully saturated rings. The Labute approximate surface area is 117 Å². The molecular formula is C17H27NO. The Kier molecular flexibility index (Phi) is 3.70. The molecule has 19 heavy (non-hydrogen) atoms. The van der Waals surface area contributed by atoms with Crippen molar-refractivity contribution in [3.63, 3.8) is 0 Å². The van der Waals surface area contributed by atoms with Gasteiger partial charge in [0.1, 0.15) is 11.5 Å². The second-order valence-electron chi connectivity index (χ2n) is 6.72. The molecule has 1 N–H and O–H groups in total. The van der Waals surface area contributed by atoms with Crippen LogP contribution in [-0.4, -0.2) is 6.04 Å². The van der Waals surface area contributed by atoms with Gasteiger partial charge in [-0.15, -0.1) is 0 Å². The summed E-state index contributed by atoms with van der Waals surface area (Å²) in [5.74, 6) is 5.56. The number of furan rings is 1. The minimum Gasteiger partial charge on any atom is -0.464 e. The van der Waals surface area contributed by atoms with Crippen LogP contribution in [0.2, 0.25) is 0 Å². The van der Waals surface area contributed by atoms with E-state index in [-0.39, 0.29) is 0 Å². The predicted molar refractivity (Wildman–Crippen MR) is 78.0 cm³/mol. The highest BCUT2D eigenvalue weighted by Crippen LogP contribution is 2.47. The molecule has 2 heteroatoms. The van der Waals surface area contributed by atoms with Crippen molar-refractivity contribution in [2.45, 2.75) is 65.0 Å². The Bertz CT molecular complexity index is 425. The molecule has 3 rings (SSSR count). The zero-order chi connectivity index (χ0) is 13.4. The molecule has 0 aromatic carbocycles. The van der Waals surface area contributed by atoms with Gasteiger partial charge in [0.15, 0.2) is 0 Å². The molecule has 1 aromatic rings. The van der Waals surface area contributed by atoms with Crippen LogP contribution in [0.5, 0.6) is 0 Å². The lowest BCUT2D eigenvalue weighted by atomic mass is 9.93. The fourth-order valence-corrected chi connectivity index (χ4v) is 3.75. The van der Waals surface area contributed by atoms with Gasteiger partial charge in [-0.2, -0.15) is 0 Å². The number of nitrogens with one attached hydrogen (secondary N) is 1. The minimum atomic E-state index is 0.679. The van der Waals surface area contributed by atoms with E-state index >= 15 is 0 Å². The van der Waals surface area contributed by atoms with Gasteiger partial charge in [0.2, 0.25) is 0 Å². The van der Waals surface area contributed by atoms with Crippen molar-refractivity contribution in [1.29, 1.82) is 0 Å². The van der Waals surface area contributed by atoms with E-state index in [1.54, 1.807) is 0 Å². The first-order chi connectivity index (χ1) is 9.19. The summed E-state index contributed by atoms with van der Waals surface area (Å²) in [5.41, 5.74) is 0. The first-order valence-electron chi connectivity index (χ1n) is 8.01. The van der Waals surface area contributed by atoms with E-state index in [1.807, 2.05) is 0 Å². The molecule has 0 radical (unpaired) electrons. The molecule has 0 amide bonds. The van der Waals surface area contributed by atoms with Gasteiger partial charge in [0.25, 0.3) is 0 Å². The van der Waals surface area contributed by atoms with Crippen molar-refractivity contribution in [2.24, 2.45) is 17.8 Å². The normalized spacial score (nSPS) is 37.7. The maximum atomic E-state index is 5.96. The molecule has 1 heterocycles. The first-order valence-corrected chi connectivity index (χ1v) is 8.01. The monoisotopic (exact) mass is 261 g/mol. The van der Waals surface area contributed by atoms with E-state index in [2.05, 4.69) is 38.2 Å². The zero-order valence-corrected chi connectivity index (χ0v) is 12.5.